The Hall–Kier alpha value is -2.16. The number of nitrogens with zero attached hydrogens (tertiary/aromatic N) is 4. The number of hydrogen-bond donors (Lipinski definition) is 1. The monoisotopic (exact) mass is 260 g/mol. The highest BCUT2D eigenvalue weighted by Gasteiger charge is 2.26. The van der Waals surface area contributed by atoms with Crippen LogP contribution in [0, 0.1) is 11.3 Å². The van der Waals surface area contributed by atoms with Gasteiger partial charge < -0.3 is 10.0 Å². The molecule has 0 radical (unpaired) electrons. The smallest absolute Gasteiger partial charge is 0.303 e. The van der Waals surface area contributed by atoms with Crippen LogP contribution in [0.4, 0.5) is 5.82 Å². The second-order valence-electron chi connectivity index (χ2n) is 4.66. The van der Waals surface area contributed by atoms with E-state index in [2.05, 4.69) is 16.3 Å². The molecule has 6 heteroatoms. The molecule has 1 atom stereocenters. The van der Waals surface area contributed by atoms with Crippen molar-refractivity contribution in [2.45, 2.75) is 38.1 Å². The van der Waals surface area contributed by atoms with Crippen molar-refractivity contribution < 1.29 is 9.90 Å². The summed E-state index contributed by atoms with van der Waals surface area (Å²) in [5.41, 5.74) is 0.497. The summed E-state index contributed by atoms with van der Waals surface area (Å²) in [6.07, 6.45) is 5.28. The number of aromatic nitrogens is 2. The quantitative estimate of drug-likeness (QED) is 0.883. The number of rotatable bonds is 4. The van der Waals surface area contributed by atoms with Crippen LogP contribution in [0.2, 0.25) is 0 Å². The average molecular weight is 260 g/mol. The summed E-state index contributed by atoms with van der Waals surface area (Å²) in [6, 6.07) is 3.89. The van der Waals surface area contributed by atoms with Gasteiger partial charge >= 0.3 is 5.97 Å². The van der Waals surface area contributed by atoms with Crippen molar-refractivity contribution >= 4 is 11.8 Å². The number of carboxylic acids is 1. The summed E-state index contributed by atoms with van der Waals surface area (Å²) in [5, 5.41) is 25.8. The van der Waals surface area contributed by atoms with E-state index in [-0.39, 0.29) is 12.5 Å². The predicted molar refractivity (Wildman–Crippen MR) is 68.6 cm³/mol. The third kappa shape index (κ3) is 3.19. The summed E-state index contributed by atoms with van der Waals surface area (Å²) in [7, 11) is 0. The molecule has 0 spiro atoms. The van der Waals surface area contributed by atoms with Crippen LogP contribution in [0.25, 0.3) is 0 Å². The Balaban J connectivity index is 2.19. The molecule has 1 aliphatic heterocycles. The molecule has 0 amide bonds. The SMILES string of the molecule is N#Cc1ccnnc1N1CCCCC1CCC(=O)O. The van der Waals surface area contributed by atoms with Gasteiger partial charge in [0.1, 0.15) is 6.07 Å². The molecule has 0 aromatic carbocycles. The van der Waals surface area contributed by atoms with Gasteiger partial charge in [0.15, 0.2) is 5.82 Å². The fourth-order valence-electron chi connectivity index (χ4n) is 2.49. The summed E-state index contributed by atoms with van der Waals surface area (Å²) < 4.78 is 0. The lowest BCUT2D eigenvalue weighted by molar-refractivity contribution is -0.137. The Morgan fingerprint density at radius 1 is 1.58 bits per heavy atom. The largest absolute Gasteiger partial charge is 0.481 e. The minimum atomic E-state index is -0.787. The number of hydrogen-bond acceptors (Lipinski definition) is 5. The Bertz CT molecular complexity index is 498. The van der Waals surface area contributed by atoms with Crippen molar-refractivity contribution in [2.24, 2.45) is 0 Å². The molecule has 2 heterocycles. The normalized spacial score (nSPS) is 18.9. The Labute approximate surface area is 111 Å². The van der Waals surface area contributed by atoms with E-state index in [0.29, 0.717) is 17.8 Å². The molecule has 100 valence electrons. The fraction of sp³-hybridized carbons (Fsp3) is 0.538. The van der Waals surface area contributed by atoms with Gasteiger partial charge in [0.2, 0.25) is 0 Å². The van der Waals surface area contributed by atoms with Crippen molar-refractivity contribution in [2.75, 3.05) is 11.4 Å². The minimum Gasteiger partial charge on any atom is -0.481 e. The van der Waals surface area contributed by atoms with Crippen molar-refractivity contribution in [3.05, 3.63) is 17.8 Å². The number of nitriles is 1. The van der Waals surface area contributed by atoms with Gasteiger partial charge in [-0.15, -0.1) is 5.10 Å². The first kappa shape index (κ1) is 13.3. The van der Waals surface area contributed by atoms with E-state index in [1.807, 2.05) is 4.90 Å². The first-order valence-electron chi connectivity index (χ1n) is 6.42. The first-order valence-corrected chi connectivity index (χ1v) is 6.42. The summed E-state index contributed by atoms with van der Waals surface area (Å²) >= 11 is 0. The molecule has 0 saturated carbocycles. The summed E-state index contributed by atoms with van der Waals surface area (Å²) in [4.78, 5) is 12.7. The van der Waals surface area contributed by atoms with Crippen LogP contribution in [0.3, 0.4) is 0 Å². The molecule has 19 heavy (non-hydrogen) atoms. The zero-order valence-corrected chi connectivity index (χ0v) is 10.6. The molecule has 1 aliphatic rings. The van der Waals surface area contributed by atoms with Crippen molar-refractivity contribution in [3.8, 4) is 6.07 Å². The van der Waals surface area contributed by atoms with Gasteiger partial charge in [0, 0.05) is 19.0 Å². The van der Waals surface area contributed by atoms with E-state index in [0.717, 1.165) is 25.8 Å². The minimum absolute atomic E-state index is 0.133. The third-order valence-corrected chi connectivity index (χ3v) is 3.41. The molecule has 0 bridgehead atoms. The highest BCUT2D eigenvalue weighted by atomic mass is 16.4. The highest BCUT2D eigenvalue weighted by Crippen LogP contribution is 2.27. The highest BCUT2D eigenvalue weighted by molar-refractivity contribution is 5.66. The maximum absolute atomic E-state index is 10.7. The van der Waals surface area contributed by atoms with Gasteiger partial charge in [-0.05, 0) is 31.7 Å². The van der Waals surface area contributed by atoms with Gasteiger partial charge in [-0.1, -0.05) is 0 Å². The van der Waals surface area contributed by atoms with Gasteiger partial charge in [0.05, 0.1) is 11.8 Å². The molecule has 1 N–H and O–H groups in total. The molecule has 1 saturated heterocycles. The topological polar surface area (TPSA) is 90.1 Å². The number of aliphatic carboxylic acids is 1. The van der Waals surface area contributed by atoms with E-state index in [4.69, 9.17) is 10.4 Å². The molecular weight excluding hydrogens is 244 g/mol. The van der Waals surface area contributed by atoms with Crippen molar-refractivity contribution in [1.29, 1.82) is 5.26 Å². The molecule has 1 aromatic rings. The third-order valence-electron chi connectivity index (χ3n) is 3.41. The lowest BCUT2D eigenvalue weighted by Crippen LogP contribution is -2.41. The Kier molecular flexibility index (Phi) is 4.29. The van der Waals surface area contributed by atoms with Gasteiger partial charge in [-0.2, -0.15) is 10.4 Å². The van der Waals surface area contributed by atoms with Crippen LogP contribution in [0.15, 0.2) is 12.3 Å². The van der Waals surface area contributed by atoms with Crippen LogP contribution in [-0.4, -0.2) is 33.9 Å². The number of carboxylic acid groups (broad SMARTS) is 1. The molecule has 1 fully saturated rings. The molecule has 2 rings (SSSR count). The maximum Gasteiger partial charge on any atom is 0.303 e. The number of anilines is 1. The molecule has 6 nitrogen and oxygen atoms in total. The van der Waals surface area contributed by atoms with Gasteiger partial charge in [-0.3, -0.25) is 4.79 Å². The molecule has 0 aliphatic carbocycles. The Morgan fingerprint density at radius 2 is 2.42 bits per heavy atom. The number of carbonyl (C=O) groups is 1. The van der Waals surface area contributed by atoms with E-state index in [9.17, 15) is 4.79 Å². The zero-order valence-electron chi connectivity index (χ0n) is 10.6. The van der Waals surface area contributed by atoms with Crippen LogP contribution in [0.5, 0.6) is 0 Å². The van der Waals surface area contributed by atoms with Crippen LogP contribution >= 0.6 is 0 Å². The van der Waals surface area contributed by atoms with E-state index in [1.165, 1.54) is 6.20 Å². The number of piperidine rings is 1. The average Bonchev–Trinajstić information content (AvgIpc) is 2.45. The van der Waals surface area contributed by atoms with Gasteiger partial charge in [-0.25, -0.2) is 0 Å². The first-order chi connectivity index (χ1) is 9.22. The lowest BCUT2D eigenvalue weighted by atomic mass is 9.97. The van der Waals surface area contributed by atoms with E-state index < -0.39 is 5.97 Å². The summed E-state index contributed by atoms with van der Waals surface area (Å²) in [6.45, 7) is 0.803. The van der Waals surface area contributed by atoms with Crippen LogP contribution in [-0.2, 0) is 4.79 Å². The van der Waals surface area contributed by atoms with Gasteiger partial charge in [0.25, 0.3) is 0 Å². The van der Waals surface area contributed by atoms with Crippen molar-refractivity contribution in [1.82, 2.24) is 10.2 Å². The summed E-state index contributed by atoms with van der Waals surface area (Å²) in [5.74, 6) is -0.203. The predicted octanol–water partition coefficient (Wildman–Crippen LogP) is 1.57. The second-order valence-corrected chi connectivity index (χ2v) is 4.66. The Morgan fingerprint density at radius 3 is 3.16 bits per heavy atom. The van der Waals surface area contributed by atoms with Crippen molar-refractivity contribution in [3.63, 3.8) is 0 Å². The van der Waals surface area contributed by atoms with Crippen LogP contribution in [0.1, 0.15) is 37.7 Å². The standard InChI is InChI=1S/C13H16N4O2/c14-9-10-6-7-15-16-13(10)17-8-2-1-3-11(17)4-5-12(18)19/h6-7,11H,1-5,8H2,(H,18,19). The maximum atomic E-state index is 10.7. The molecule has 1 unspecified atom stereocenters. The second kappa shape index (κ2) is 6.14. The van der Waals surface area contributed by atoms with E-state index in [1.54, 1.807) is 6.07 Å². The zero-order chi connectivity index (χ0) is 13.7. The van der Waals surface area contributed by atoms with E-state index >= 15 is 0 Å². The lowest BCUT2D eigenvalue weighted by Gasteiger charge is -2.36. The molecular formula is C13H16N4O2. The fourth-order valence-corrected chi connectivity index (χ4v) is 2.49. The van der Waals surface area contributed by atoms with Crippen LogP contribution < -0.4 is 4.90 Å². The molecule has 1 aromatic heterocycles.